The molecule has 0 aromatic rings. The molecule has 0 aromatic carbocycles. The predicted molar refractivity (Wildman–Crippen MR) is 57.6 cm³/mol. The highest BCUT2D eigenvalue weighted by atomic mass is 127. The first-order valence-electron chi connectivity index (χ1n) is 4.40. The average Bonchev–Trinajstić information content (AvgIpc) is 2.11. The monoisotopic (exact) mass is 284 g/mol. The maximum atomic E-state index is 5.48. The zero-order chi connectivity index (χ0) is 9.19. The molecule has 2 atom stereocenters. The molecule has 0 aromatic heterocycles. The van der Waals surface area contributed by atoms with Gasteiger partial charge in [0.1, 0.15) is 0 Å². The summed E-state index contributed by atoms with van der Waals surface area (Å²) in [6.45, 7) is 2.27. The van der Waals surface area contributed by atoms with Gasteiger partial charge in [-0.25, -0.2) is 0 Å². The third kappa shape index (κ3) is 1.77. The van der Waals surface area contributed by atoms with Gasteiger partial charge in [0.05, 0.1) is 3.92 Å². The van der Waals surface area contributed by atoms with Crippen LogP contribution in [0.15, 0.2) is 0 Å². The molecule has 0 spiro atoms. The Morgan fingerprint density at radius 2 is 1.92 bits per heavy atom. The van der Waals surface area contributed by atoms with Crippen molar-refractivity contribution in [2.75, 3.05) is 14.2 Å². The fourth-order valence-electron chi connectivity index (χ4n) is 1.90. The van der Waals surface area contributed by atoms with Crippen molar-refractivity contribution in [3.63, 3.8) is 0 Å². The van der Waals surface area contributed by atoms with Crippen LogP contribution in [-0.4, -0.2) is 23.9 Å². The molecule has 0 bridgehead atoms. The summed E-state index contributed by atoms with van der Waals surface area (Å²) in [5.41, 5.74) is 0. The lowest BCUT2D eigenvalue weighted by molar-refractivity contribution is -0.221. The molecule has 1 aliphatic carbocycles. The molecule has 0 heterocycles. The van der Waals surface area contributed by atoms with Crippen molar-refractivity contribution in [2.45, 2.75) is 35.9 Å². The van der Waals surface area contributed by atoms with E-state index >= 15 is 0 Å². The zero-order valence-electron chi connectivity index (χ0n) is 7.97. The minimum atomic E-state index is -0.321. The lowest BCUT2D eigenvalue weighted by atomic mass is 9.86. The van der Waals surface area contributed by atoms with E-state index < -0.39 is 0 Å². The van der Waals surface area contributed by atoms with Gasteiger partial charge >= 0.3 is 0 Å². The van der Waals surface area contributed by atoms with Crippen LogP contribution in [0, 0.1) is 5.92 Å². The predicted octanol–water partition coefficient (Wildman–Crippen LogP) is 2.60. The van der Waals surface area contributed by atoms with Crippen molar-refractivity contribution in [1.82, 2.24) is 0 Å². The number of halogens is 1. The Labute approximate surface area is 88.1 Å². The van der Waals surface area contributed by atoms with Crippen molar-refractivity contribution in [1.29, 1.82) is 0 Å². The Morgan fingerprint density at radius 1 is 1.33 bits per heavy atom. The third-order valence-electron chi connectivity index (χ3n) is 2.80. The molecule has 2 unspecified atom stereocenters. The molecule has 1 fully saturated rings. The van der Waals surface area contributed by atoms with Crippen LogP contribution in [0.1, 0.15) is 26.2 Å². The van der Waals surface area contributed by atoms with Crippen molar-refractivity contribution in [3.8, 4) is 0 Å². The molecular weight excluding hydrogens is 267 g/mol. The van der Waals surface area contributed by atoms with Crippen LogP contribution in [-0.2, 0) is 9.47 Å². The summed E-state index contributed by atoms with van der Waals surface area (Å²) >= 11 is 2.45. The molecule has 0 saturated heterocycles. The zero-order valence-corrected chi connectivity index (χ0v) is 10.1. The van der Waals surface area contributed by atoms with Gasteiger partial charge in [0, 0.05) is 20.6 Å². The highest BCUT2D eigenvalue weighted by Gasteiger charge is 2.43. The molecule has 1 aliphatic rings. The van der Waals surface area contributed by atoms with Gasteiger partial charge in [-0.05, 0) is 18.8 Å². The van der Waals surface area contributed by atoms with Crippen molar-refractivity contribution < 1.29 is 9.47 Å². The molecular formula is C9H17IO2. The Hall–Kier alpha value is 0.650. The van der Waals surface area contributed by atoms with Crippen LogP contribution in [0.25, 0.3) is 0 Å². The van der Waals surface area contributed by atoms with Crippen LogP contribution < -0.4 is 0 Å². The van der Waals surface area contributed by atoms with Gasteiger partial charge < -0.3 is 9.47 Å². The molecule has 72 valence electrons. The Balaban J connectivity index is 2.71. The first-order chi connectivity index (χ1) is 5.66. The molecule has 0 aliphatic heterocycles. The first kappa shape index (κ1) is 10.7. The number of hydrogen-bond donors (Lipinski definition) is 0. The molecule has 1 rings (SSSR count). The highest BCUT2D eigenvalue weighted by Crippen LogP contribution is 2.40. The topological polar surface area (TPSA) is 18.5 Å². The second kappa shape index (κ2) is 4.24. The minimum Gasteiger partial charge on any atom is -0.352 e. The van der Waals surface area contributed by atoms with Crippen LogP contribution in [0.4, 0.5) is 0 Å². The van der Waals surface area contributed by atoms with E-state index in [0.717, 1.165) is 6.42 Å². The van der Waals surface area contributed by atoms with Crippen LogP contribution in [0.5, 0.6) is 0 Å². The lowest BCUT2D eigenvalue weighted by Crippen LogP contribution is -2.48. The lowest BCUT2D eigenvalue weighted by Gasteiger charge is -2.42. The maximum Gasteiger partial charge on any atom is 0.179 e. The number of ether oxygens (including phenoxy) is 2. The maximum absolute atomic E-state index is 5.48. The van der Waals surface area contributed by atoms with Crippen molar-refractivity contribution >= 4 is 22.6 Å². The van der Waals surface area contributed by atoms with E-state index in [1.807, 2.05) is 0 Å². The molecule has 1 saturated carbocycles. The molecule has 0 N–H and O–H groups in total. The molecule has 0 radical (unpaired) electrons. The number of alkyl halides is 1. The molecule has 2 nitrogen and oxygen atoms in total. The third-order valence-corrected chi connectivity index (χ3v) is 4.97. The Morgan fingerprint density at radius 3 is 2.33 bits per heavy atom. The number of methoxy groups -OCH3 is 2. The minimum absolute atomic E-state index is 0.321. The molecule has 0 amide bonds. The largest absolute Gasteiger partial charge is 0.352 e. The summed E-state index contributed by atoms with van der Waals surface area (Å²) in [7, 11) is 3.49. The van der Waals surface area contributed by atoms with Gasteiger partial charge in [-0.3, -0.25) is 0 Å². The van der Waals surface area contributed by atoms with Gasteiger partial charge in [0.25, 0.3) is 0 Å². The fraction of sp³-hybridized carbons (Fsp3) is 1.00. The van der Waals surface area contributed by atoms with Crippen LogP contribution in [0.3, 0.4) is 0 Å². The summed E-state index contributed by atoms with van der Waals surface area (Å²) in [4.78, 5) is 0. The van der Waals surface area contributed by atoms with Crippen LogP contribution >= 0.6 is 22.6 Å². The van der Waals surface area contributed by atoms with E-state index in [0.29, 0.717) is 9.84 Å². The van der Waals surface area contributed by atoms with Gasteiger partial charge in [0.2, 0.25) is 0 Å². The highest BCUT2D eigenvalue weighted by molar-refractivity contribution is 14.1. The summed E-state index contributed by atoms with van der Waals surface area (Å²) in [5, 5.41) is 0. The fourth-order valence-corrected chi connectivity index (χ4v) is 3.08. The molecule has 12 heavy (non-hydrogen) atoms. The second-order valence-electron chi connectivity index (χ2n) is 3.49. The van der Waals surface area contributed by atoms with Crippen molar-refractivity contribution in [2.24, 2.45) is 5.92 Å². The summed E-state index contributed by atoms with van der Waals surface area (Å²) in [6, 6.07) is 0. The number of rotatable bonds is 2. The van der Waals surface area contributed by atoms with Gasteiger partial charge in [0.15, 0.2) is 5.79 Å². The van der Waals surface area contributed by atoms with Gasteiger partial charge in [-0.1, -0.05) is 29.5 Å². The van der Waals surface area contributed by atoms with E-state index in [4.69, 9.17) is 9.47 Å². The van der Waals surface area contributed by atoms with Crippen molar-refractivity contribution in [3.05, 3.63) is 0 Å². The normalized spacial score (nSPS) is 35.0. The standard InChI is InChI=1S/C9H17IO2/c1-7-5-4-6-9(11-2,12-3)8(7)10/h7-8H,4-6H2,1-3H3. The average molecular weight is 284 g/mol. The molecule has 3 heteroatoms. The van der Waals surface area contributed by atoms with E-state index in [-0.39, 0.29) is 5.79 Å². The quantitative estimate of drug-likeness (QED) is 0.441. The Kier molecular flexibility index (Phi) is 3.79. The second-order valence-corrected chi connectivity index (χ2v) is 4.83. The van der Waals surface area contributed by atoms with E-state index in [9.17, 15) is 0 Å². The van der Waals surface area contributed by atoms with Gasteiger partial charge in [-0.15, -0.1) is 0 Å². The Bertz CT molecular complexity index is 145. The smallest absolute Gasteiger partial charge is 0.179 e. The van der Waals surface area contributed by atoms with E-state index in [1.54, 1.807) is 14.2 Å². The summed E-state index contributed by atoms with van der Waals surface area (Å²) in [6.07, 6.45) is 3.53. The summed E-state index contributed by atoms with van der Waals surface area (Å²) < 4.78 is 11.4. The number of hydrogen-bond acceptors (Lipinski definition) is 2. The SMILES string of the molecule is COC1(OC)CCCC(C)C1I. The van der Waals surface area contributed by atoms with Gasteiger partial charge in [-0.2, -0.15) is 0 Å². The van der Waals surface area contributed by atoms with E-state index in [2.05, 4.69) is 29.5 Å². The van der Waals surface area contributed by atoms with E-state index in [1.165, 1.54) is 12.8 Å². The summed E-state index contributed by atoms with van der Waals surface area (Å²) in [5.74, 6) is 0.373. The first-order valence-corrected chi connectivity index (χ1v) is 5.65. The van der Waals surface area contributed by atoms with Crippen LogP contribution in [0.2, 0.25) is 0 Å².